The zero-order valence-electron chi connectivity index (χ0n) is 15.9. The van der Waals surface area contributed by atoms with Crippen molar-refractivity contribution in [2.75, 3.05) is 12.8 Å². The predicted molar refractivity (Wildman–Crippen MR) is 113 cm³/mol. The minimum absolute atomic E-state index is 0.124. The lowest BCUT2D eigenvalue weighted by atomic mass is 10.1. The molecule has 2 heterocycles. The third-order valence-electron chi connectivity index (χ3n) is 5.13. The largest absolute Gasteiger partial charge is 0.341 e. The van der Waals surface area contributed by atoms with Crippen LogP contribution in [0.25, 0.3) is 10.2 Å². The van der Waals surface area contributed by atoms with Gasteiger partial charge in [0.25, 0.3) is 0 Å². The molecule has 0 bridgehead atoms. The summed E-state index contributed by atoms with van der Waals surface area (Å²) in [5.41, 5.74) is 5.08. The number of fused-ring (bicyclic) bond motifs is 3. The van der Waals surface area contributed by atoms with Crippen molar-refractivity contribution in [3.05, 3.63) is 51.7 Å². The van der Waals surface area contributed by atoms with E-state index in [2.05, 4.69) is 42.0 Å². The molecule has 0 saturated heterocycles. The summed E-state index contributed by atoms with van der Waals surface area (Å²) in [4.78, 5) is 25.9. The highest BCUT2D eigenvalue weighted by molar-refractivity contribution is 8.00. The molecule has 1 aliphatic rings. The maximum Gasteiger partial charge on any atom is 0.233 e. The van der Waals surface area contributed by atoms with Gasteiger partial charge >= 0.3 is 0 Å². The maximum absolute atomic E-state index is 12.7. The molecule has 0 aliphatic heterocycles. The second-order valence-electron chi connectivity index (χ2n) is 7.18. The standard InChI is InChI=1S/C21H23N3OS2/c1-13-7-8-15(14(2)9-13)10-24(3)18(25)11-26-20-19-16-5-4-6-17(16)27-21(19)23-12-22-20/h7-9,12H,4-6,10-11H2,1-3H3. The molecule has 1 aromatic carbocycles. The molecule has 1 amide bonds. The molecule has 0 saturated carbocycles. The third kappa shape index (κ3) is 3.73. The van der Waals surface area contributed by atoms with Crippen LogP contribution in [0.3, 0.4) is 0 Å². The van der Waals surface area contributed by atoms with Crippen LogP contribution in [-0.2, 0) is 24.2 Å². The number of amides is 1. The highest BCUT2D eigenvalue weighted by Gasteiger charge is 2.22. The fourth-order valence-electron chi connectivity index (χ4n) is 3.62. The number of aromatic nitrogens is 2. The van der Waals surface area contributed by atoms with E-state index in [-0.39, 0.29) is 5.91 Å². The van der Waals surface area contributed by atoms with E-state index in [1.165, 1.54) is 50.7 Å². The maximum atomic E-state index is 12.7. The Balaban J connectivity index is 1.45. The third-order valence-corrected chi connectivity index (χ3v) is 7.30. The summed E-state index contributed by atoms with van der Waals surface area (Å²) < 4.78 is 0. The van der Waals surface area contributed by atoms with E-state index in [9.17, 15) is 4.79 Å². The van der Waals surface area contributed by atoms with Gasteiger partial charge in [0.15, 0.2) is 0 Å². The van der Waals surface area contributed by atoms with Crippen LogP contribution in [-0.4, -0.2) is 33.6 Å². The normalized spacial score (nSPS) is 13.1. The van der Waals surface area contributed by atoms with E-state index < -0.39 is 0 Å². The lowest BCUT2D eigenvalue weighted by molar-refractivity contribution is -0.127. The Bertz CT molecular complexity index is 1010. The Morgan fingerprint density at radius 2 is 2.11 bits per heavy atom. The quantitative estimate of drug-likeness (QED) is 0.468. The van der Waals surface area contributed by atoms with Gasteiger partial charge in [-0.2, -0.15) is 0 Å². The van der Waals surface area contributed by atoms with Crippen molar-refractivity contribution in [2.24, 2.45) is 0 Å². The van der Waals surface area contributed by atoms with Gasteiger partial charge in [-0.05, 0) is 49.8 Å². The minimum Gasteiger partial charge on any atom is -0.341 e. The van der Waals surface area contributed by atoms with Gasteiger partial charge in [-0.25, -0.2) is 9.97 Å². The first kappa shape index (κ1) is 18.4. The predicted octanol–water partition coefficient (Wildman–Crippen LogP) is 4.55. The van der Waals surface area contributed by atoms with Gasteiger partial charge < -0.3 is 4.90 Å². The average molecular weight is 398 g/mol. The molecule has 6 heteroatoms. The summed E-state index contributed by atoms with van der Waals surface area (Å²) in [6, 6.07) is 6.38. The highest BCUT2D eigenvalue weighted by atomic mass is 32.2. The van der Waals surface area contributed by atoms with Gasteiger partial charge in [-0.15, -0.1) is 11.3 Å². The number of thiophene rings is 1. The van der Waals surface area contributed by atoms with Gasteiger partial charge in [-0.1, -0.05) is 35.5 Å². The fraction of sp³-hybridized carbons (Fsp3) is 0.381. The number of carbonyl (C=O) groups is 1. The van der Waals surface area contributed by atoms with Gasteiger partial charge in [0.05, 0.1) is 5.75 Å². The highest BCUT2D eigenvalue weighted by Crippen LogP contribution is 2.40. The van der Waals surface area contributed by atoms with Crippen LogP contribution < -0.4 is 0 Å². The molecule has 0 atom stereocenters. The number of thioether (sulfide) groups is 1. The molecule has 3 aromatic rings. The summed E-state index contributed by atoms with van der Waals surface area (Å²) in [5, 5.41) is 2.14. The summed E-state index contributed by atoms with van der Waals surface area (Å²) in [5.74, 6) is 0.525. The number of rotatable bonds is 5. The Morgan fingerprint density at radius 3 is 2.93 bits per heavy atom. The molecule has 0 spiro atoms. The van der Waals surface area contributed by atoms with Crippen LogP contribution in [0.1, 0.15) is 33.6 Å². The zero-order valence-corrected chi connectivity index (χ0v) is 17.5. The van der Waals surface area contributed by atoms with E-state index in [1.807, 2.05) is 7.05 Å². The molecule has 0 unspecified atom stereocenters. The summed E-state index contributed by atoms with van der Waals surface area (Å²) in [6.45, 7) is 4.83. The van der Waals surface area contributed by atoms with Crippen LogP contribution in [0.5, 0.6) is 0 Å². The average Bonchev–Trinajstić information content (AvgIpc) is 3.22. The lowest BCUT2D eigenvalue weighted by Crippen LogP contribution is -2.28. The molecule has 27 heavy (non-hydrogen) atoms. The number of hydrogen-bond donors (Lipinski definition) is 0. The molecular formula is C21H23N3OS2. The number of carbonyl (C=O) groups excluding carboxylic acids is 1. The van der Waals surface area contributed by atoms with E-state index in [0.29, 0.717) is 12.3 Å². The lowest BCUT2D eigenvalue weighted by Gasteiger charge is -2.18. The molecule has 140 valence electrons. The first-order valence-corrected chi connectivity index (χ1v) is 11.0. The topological polar surface area (TPSA) is 46.1 Å². The van der Waals surface area contributed by atoms with Gasteiger partial charge in [0, 0.05) is 23.9 Å². The SMILES string of the molecule is Cc1ccc(CN(C)C(=O)CSc2ncnc3sc4c(c23)CCC4)c(C)c1. The second-order valence-corrected chi connectivity index (χ2v) is 9.23. The Morgan fingerprint density at radius 1 is 1.26 bits per heavy atom. The second kappa shape index (κ2) is 7.60. The number of hydrogen-bond acceptors (Lipinski definition) is 5. The monoisotopic (exact) mass is 397 g/mol. The first-order valence-electron chi connectivity index (χ1n) is 9.21. The van der Waals surface area contributed by atoms with Crippen LogP contribution in [0, 0.1) is 13.8 Å². The number of nitrogens with zero attached hydrogens (tertiary/aromatic N) is 3. The van der Waals surface area contributed by atoms with Gasteiger partial charge in [-0.3, -0.25) is 4.79 Å². The molecular weight excluding hydrogens is 374 g/mol. The zero-order chi connectivity index (χ0) is 19.0. The molecule has 0 N–H and O–H groups in total. The number of aryl methyl sites for hydroxylation is 4. The van der Waals surface area contributed by atoms with E-state index >= 15 is 0 Å². The van der Waals surface area contributed by atoms with Crippen LogP contribution >= 0.6 is 23.1 Å². The van der Waals surface area contributed by atoms with Crippen LogP contribution in [0.2, 0.25) is 0 Å². The Labute approximate surface area is 168 Å². The van der Waals surface area contributed by atoms with Crippen molar-refractivity contribution >= 4 is 39.2 Å². The fourth-order valence-corrected chi connectivity index (χ4v) is 5.88. The first-order chi connectivity index (χ1) is 13.0. The molecule has 0 radical (unpaired) electrons. The Kier molecular flexibility index (Phi) is 5.19. The smallest absolute Gasteiger partial charge is 0.233 e. The van der Waals surface area contributed by atoms with Crippen LogP contribution in [0.15, 0.2) is 29.6 Å². The molecule has 4 nitrogen and oxygen atoms in total. The van der Waals surface area contributed by atoms with E-state index in [1.54, 1.807) is 22.6 Å². The summed E-state index contributed by atoms with van der Waals surface area (Å²) in [7, 11) is 1.88. The molecule has 1 aliphatic carbocycles. The number of benzene rings is 1. The Hall–Kier alpha value is -1.92. The van der Waals surface area contributed by atoms with Gasteiger partial charge in [0.2, 0.25) is 5.91 Å². The van der Waals surface area contributed by atoms with Crippen molar-refractivity contribution in [1.29, 1.82) is 0 Å². The van der Waals surface area contributed by atoms with Crippen molar-refractivity contribution in [2.45, 2.75) is 44.7 Å². The van der Waals surface area contributed by atoms with Crippen molar-refractivity contribution in [3.63, 3.8) is 0 Å². The summed E-state index contributed by atoms with van der Waals surface area (Å²) >= 11 is 3.32. The molecule has 4 rings (SSSR count). The van der Waals surface area contributed by atoms with Crippen LogP contribution in [0.4, 0.5) is 0 Å². The van der Waals surface area contributed by atoms with Crippen molar-refractivity contribution in [3.8, 4) is 0 Å². The van der Waals surface area contributed by atoms with Gasteiger partial charge in [0.1, 0.15) is 16.2 Å². The van der Waals surface area contributed by atoms with E-state index in [4.69, 9.17) is 0 Å². The summed E-state index contributed by atoms with van der Waals surface area (Å²) in [6.07, 6.45) is 5.10. The van der Waals surface area contributed by atoms with Crippen molar-refractivity contribution in [1.82, 2.24) is 14.9 Å². The minimum atomic E-state index is 0.124. The molecule has 2 aromatic heterocycles. The molecule has 0 fully saturated rings. The van der Waals surface area contributed by atoms with Crippen molar-refractivity contribution < 1.29 is 4.79 Å². The van der Waals surface area contributed by atoms with E-state index in [0.717, 1.165) is 22.7 Å².